The van der Waals surface area contributed by atoms with E-state index in [0.717, 1.165) is 29.4 Å². The summed E-state index contributed by atoms with van der Waals surface area (Å²) in [5, 5.41) is 0.744. The highest BCUT2D eigenvalue weighted by Crippen LogP contribution is 2.34. The predicted octanol–water partition coefficient (Wildman–Crippen LogP) is 4.35. The number of amides is 1. The van der Waals surface area contributed by atoms with Crippen molar-refractivity contribution in [3.63, 3.8) is 0 Å². The largest absolute Gasteiger partial charge is 0.493 e. The first-order chi connectivity index (χ1) is 15.0. The van der Waals surface area contributed by atoms with Gasteiger partial charge in [-0.1, -0.05) is 36.4 Å². The van der Waals surface area contributed by atoms with Crippen LogP contribution in [0.5, 0.6) is 11.5 Å². The second kappa shape index (κ2) is 9.58. The van der Waals surface area contributed by atoms with Crippen molar-refractivity contribution in [1.29, 1.82) is 0 Å². The van der Waals surface area contributed by atoms with Crippen molar-refractivity contribution >= 4 is 28.9 Å². The van der Waals surface area contributed by atoms with Crippen LogP contribution in [-0.4, -0.2) is 48.4 Å². The summed E-state index contributed by atoms with van der Waals surface area (Å²) < 4.78 is 17.2. The molecule has 4 rings (SSSR count). The Balaban J connectivity index is 1.45. The molecule has 2 atom stereocenters. The molecule has 2 aromatic rings. The molecule has 0 aromatic heterocycles. The monoisotopic (exact) mass is 438 g/mol. The summed E-state index contributed by atoms with van der Waals surface area (Å²) in [4.78, 5) is 19.5. The van der Waals surface area contributed by atoms with E-state index in [0.29, 0.717) is 23.0 Å². The molecule has 2 aliphatic rings. The van der Waals surface area contributed by atoms with Gasteiger partial charge < -0.3 is 19.1 Å². The Labute approximate surface area is 186 Å². The van der Waals surface area contributed by atoms with E-state index in [9.17, 15) is 4.79 Å². The molecule has 0 bridgehead atoms. The molecule has 0 radical (unpaired) electrons. The molecule has 0 aliphatic carbocycles. The number of amidine groups is 1. The zero-order valence-corrected chi connectivity index (χ0v) is 18.7. The van der Waals surface area contributed by atoms with Crippen LogP contribution in [0, 0.1) is 0 Å². The maximum Gasteiger partial charge on any atom is 0.286 e. The number of carbonyl (C=O) groups excluding carboxylic acids is 1. The summed E-state index contributed by atoms with van der Waals surface area (Å²) in [6, 6.07) is 15.6. The van der Waals surface area contributed by atoms with Crippen molar-refractivity contribution in [1.82, 2.24) is 4.90 Å². The molecular formula is C24H26N2O4S. The van der Waals surface area contributed by atoms with Gasteiger partial charge in [0.1, 0.15) is 6.61 Å². The summed E-state index contributed by atoms with van der Waals surface area (Å²) in [5.41, 5.74) is 1.94. The first-order valence-corrected chi connectivity index (χ1v) is 11.1. The molecule has 2 unspecified atom stereocenters. The predicted molar refractivity (Wildman–Crippen MR) is 123 cm³/mol. The number of hydrogen-bond donors (Lipinski definition) is 0. The van der Waals surface area contributed by atoms with E-state index in [4.69, 9.17) is 14.2 Å². The van der Waals surface area contributed by atoms with Gasteiger partial charge in [0.15, 0.2) is 16.7 Å². The first-order valence-electron chi connectivity index (χ1n) is 10.3. The van der Waals surface area contributed by atoms with Gasteiger partial charge in [0, 0.05) is 13.1 Å². The van der Waals surface area contributed by atoms with Crippen LogP contribution in [0.3, 0.4) is 0 Å². The number of benzene rings is 2. The number of methoxy groups -OCH3 is 1. The van der Waals surface area contributed by atoms with Crippen molar-refractivity contribution < 1.29 is 19.0 Å². The van der Waals surface area contributed by atoms with Gasteiger partial charge in [-0.3, -0.25) is 4.79 Å². The van der Waals surface area contributed by atoms with E-state index < -0.39 is 0 Å². The van der Waals surface area contributed by atoms with Crippen molar-refractivity contribution in [3.05, 3.63) is 64.6 Å². The molecule has 1 saturated heterocycles. The maximum absolute atomic E-state index is 12.5. The molecule has 162 valence electrons. The third-order valence-electron chi connectivity index (χ3n) is 5.02. The molecule has 2 aromatic carbocycles. The molecule has 0 spiro atoms. The number of aliphatic imine (C=N–C) groups is 1. The Kier molecular flexibility index (Phi) is 6.63. The molecule has 2 aliphatic heterocycles. The number of hydrogen-bond acceptors (Lipinski definition) is 6. The summed E-state index contributed by atoms with van der Waals surface area (Å²) in [6.45, 7) is 6.00. The van der Waals surface area contributed by atoms with Gasteiger partial charge in [-0.2, -0.15) is 4.99 Å². The fraction of sp³-hybridized carbons (Fsp3) is 0.333. The molecular weight excluding hydrogens is 412 g/mol. The average molecular weight is 439 g/mol. The number of carbonyl (C=O) groups is 1. The summed E-state index contributed by atoms with van der Waals surface area (Å²) >= 11 is 1.41. The lowest BCUT2D eigenvalue weighted by Gasteiger charge is -2.35. The summed E-state index contributed by atoms with van der Waals surface area (Å²) in [5.74, 6) is 1.07. The number of thioether (sulfide) groups is 1. The van der Waals surface area contributed by atoms with Crippen LogP contribution in [0.15, 0.2) is 58.4 Å². The third-order valence-corrected chi connectivity index (χ3v) is 6.07. The fourth-order valence-electron chi connectivity index (χ4n) is 3.65. The van der Waals surface area contributed by atoms with Crippen molar-refractivity contribution in [2.45, 2.75) is 32.7 Å². The maximum atomic E-state index is 12.5. The lowest BCUT2D eigenvalue weighted by atomic mass is 10.2. The van der Waals surface area contributed by atoms with E-state index in [1.807, 2.05) is 68.5 Å². The minimum atomic E-state index is -0.213. The number of rotatable bonds is 5. The lowest BCUT2D eigenvalue weighted by molar-refractivity contribution is -0.113. The molecule has 1 amide bonds. The molecule has 7 heteroatoms. The Morgan fingerprint density at radius 2 is 1.87 bits per heavy atom. The third kappa shape index (κ3) is 5.29. The van der Waals surface area contributed by atoms with Crippen LogP contribution in [0.4, 0.5) is 0 Å². The molecule has 31 heavy (non-hydrogen) atoms. The van der Waals surface area contributed by atoms with Crippen LogP contribution in [0.25, 0.3) is 6.08 Å². The Bertz CT molecular complexity index is 996. The van der Waals surface area contributed by atoms with Crippen LogP contribution >= 0.6 is 11.8 Å². The normalized spacial score (nSPS) is 22.5. The minimum absolute atomic E-state index is 0.114. The second-order valence-electron chi connectivity index (χ2n) is 7.66. The fourth-order valence-corrected chi connectivity index (χ4v) is 4.58. The summed E-state index contributed by atoms with van der Waals surface area (Å²) in [6.07, 6.45) is 2.08. The SMILES string of the molecule is COc1cc(/C=C2/SC(N3CC(C)OC(C)C3)=NC2=O)ccc1OCc1ccccc1. The highest BCUT2D eigenvalue weighted by Gasteiger charge is 2.31. The Morgan fingerprint density at radius 3 is 2.58 bits per heavy atom. The molecule has 6 nitrogen and oxygen atoms in total. The van der Waals surface area contributed by atoms with Crippen LogP contribution in [0.1, 0.15) is 25.0 Å². The minimum Gasteiger partial charge on any atom is -0.493 e. The van der Waals surface area contributed by atoms with Crippen LogP contribution < -0.4 is 9.47 Å². The van der Waals surface area contributed by atoms with Gasteiger partial charge in [-0.05, 0) is 54.9 Å². The van der Waals surface area contributed by atoms with Gasteiger partial charge in [0.25, 0.3) is 5.91 Å². The van der Waals surface area contributed by atoms with Gasteiger partial charge >= 0.3 is 0 Å². The average Bonchev–Trinajstić information content (AvgIpc) is 3.13. The molecule has 0 saturated carbocycles. The van der Waals surface area contributed by atoms with Gasteiger partial charge in [0.2, 0.25) is 0 Å². The topological polar surface area (TPSA) is 60.4 Å². The van der Waals surface area contributed by atoms with Gasteiger partial charge in [-0.15, -0.1) is 0 Å². The second-order valence-corrected chi connectivity index (χ2v) is 8.67. The Morgan fingerprint density at radius 1 is 1.13 bits per heavy atom. The smallest absolute Gasteiger partial charge is 0.286 e. The Hall–Kier alpha value is -2.77. The first kappa shape index (κ1) is 21.5. The van der Waals surface area contributed by atoms with Crippen LogP contribution in [-0.2, 0) is 16.1 Å². The van der Waals surface area contributed by atoms with Crippen molar-refractivity contribution in [3.8, 4) is 11.5 Å². The van der Waals surface area contributed by atoms with Crippen molar-refractivity contribution in [2.24, 2.45) is 4.99 Å². The van der Waals surface area contributed by atoms with E-state index in [2.05, 4.69) is 9.89 Å². The number of ether oxygens (including phenoxy) is 3. The molecule has 2 heterocycles. The standard InChI is InChI=1S/C24H26N2O4S/c1-16-13-26(14-17(2)30-16)24-25-23(27)22(31-24)12-19-9-10-20(21(11-19)28-3)29-15-18-7-5-4-6-8-18/h4-12,16-17H,13-15H2,1-3H3/b22-12+. The lowest BCUT2D eigenvalue weighted by Crippen LogP contribution is -2.47. The van der Waals surface area contributed by atoms with E-state index in [1.165, 1.54) is 11.8 Å². The van der Waals surface area contributed by atoms with Gasteiger partial charge in [0.05, 0.1) is 24.2 Å². The number of nitrogens with zero attached hydrogens (tertiary/aromatic N) is 2. The van der Waals surface area contributed by atoms with E-state index in [1.54, 1.807) is 7.11 Å². The quantitative estimate of drug-likeness (QED) is 0.647. The molecule has 0 N–H and O–H groups in total. The van der Waals surface area contributed by atoms with E-state index >= 15 is 0 Å². The zero-order valence-electron chi connectivity index (χ0n) is 17.9. The molecule has 1 fully saturated rings. The highest BCUT2D eigenvalue weighted by atomic mass is 32.2. The van der Waals surface area contributed by atoms with Crippen LogP contribution in [0.2, 0.25) is 0 Å². The van der Waals surface area contributed by atoms with Gasteiger partial charge in [-0.25, -0.2) is 0 Å². The number of morpholine rings is 1. The highest BCUT2D eigenvalue weighted by molar-refractivity contribution is 8.18. The zero-order chi connectivity index (χ0) is 21.8. The van der Waals surface area contributed by atoms with Crippen molar-refractivity contribution in [2.75, 3.05) is 20.2 Å². The van der Waals surface area contributed by atoms with E-state index in [-0.39, 0.29) is 18.1 Å². The summed E-state index contributed by atoms with van der Waals surface area (Å²) in [7, 11) is 1.61.